The number of hydrogen-bond acceptors (Lipinski definition) is 8. The highest BCUT2D eigenvalue weighted by Gasteiger charge is 2.34. The minimum atomic E-state index is -3.55. The minimum absolute atomic E-state index is 0.184. The van der Waals surface area contributed by atoms with Gasteiger partial charge in [-0.2, -0.15) is 0 Å². The lowest BCUT2D eigenvalue weighted by Gasteiger charge is -2.31. The SMILES string of the molecule is CCOP(=O)(OCC)/C(C)=C/C(CC)N(OC(=O)OC(C)(C)C)C(=O)OC(C)(C)C. The predicted octanol–water partition coefficient (Wildman–Crippen LogP) is 6.04. The zero-order valence-corrected chi connectivity index (χ0v) is 20.8. The predicted molar refractivity (Wildman–Crippen MR) is 114 cm³/mol. The van der Waals surface area contributed by atoms with Gasteiger partial charge >= 0.3 is 19.8 Å². The number of allylic oxidation sites excluding steroid dienone is 1. The van der Waals surface area contributed by atoms with E-state index in [1.807, 2.05) is 0 Å². The van der Waals surface area contributed by atoms with Gasteiger partial charge in [0.1, 0.15) is 11.2 Å². The number of amides is 1. The molecule has 0 heterocycles. The van der Waals surface area contributed by atoms with Gasteiger partial charge in [-0.15, -0.1) is 5.06 Å². The highest BCUT2D eigenvalue weighted by atomic mass is 31.2. The summed E-state index contributed by atoms with van der Waals surface area (Å²) in [6.07, 6.45) is -0.0968. The van der Waals surface area contributed by atoms with Crippen LogP contribution < -0.4 is 0 Å². The molecule has 0 fully saturated rings. The van der Waals surface area contributed by atoms with E-state index in [4.69, 9.17) is 23.4 Å². The molecule has 9 nitrogen and oxygen atoms in total. The number of hydrogen-bond donors (Lipinski definition) is 0. The Morgan fingerprint density at radius 1 is 0.933 bits per heavy atom. The lowest BCUT2D eigenvalue weighted by molar-refractivity contribution is -0.148. The molecule has 0 aliphatic rings. The van der Waals surface area contributed by atoms with Crippen LogP contribution >= 0.6 is 7.60 Å². The number of hydroxylamine groups is 2. The molecule has 1 atom stereocenters. The molecule has 10 heteroatoms. The quantitative estimate of drug-likeness (QED) is 0.250. The Kier molecular flexibility index (Phi) is 11.1. The summed E-state index contributed by atoms with van der Waals surface area (Å²) in [6, 6.07) is -0.790. The fraction of sp³-hybridized carbons (Fsp3) is 0.800. The highest BCUT2D eigenvalue weighted by Crippen LogP contribution is 2.56. The number of carbonyl (C=O) groups is 2. The van der Waals surface area contributed by atoms with E-state index < -0.39 is 37.1 Å². The van der Waals surface area contributed by atoms with Crippen molar-refractivity contribution >= 4 is 19.8 Å². The Morgan fingerprint density at radius 2 is 1.40 bits per heavy atom. The van der Waals surface area contributed by atoms with Gasteiger partial charge in [0.05, 0.1) is 19.3 Å². The Labute approximate surface area is 180 Å². The second-order valence-corrected chi connectivity index (χ2v) is 10.7. The van der Waals surface area contributed by atoms with E-state index in [1.165, 1.54) is 6.08 Å². The van der Waals surface area contributed by atoms with E-state index in [-0.39, 0.29) is 13.2 Å². The number of nitrogens with zero attached hydrogens (tertiary/aromatic N) is 1. The minimum Gasteiger partial charge on any atom is -0.442 e. The molecule has 0 aromatic carbocycles. The summed E-state index contributed by atoms with van der Waals surface area (Å²) in [5, 5.41) is 1.07. The van der Waals surface area contributed by atoms with Crippen molar-refractivity contribution in [2.24, 2.45) is 0 Å². The van der Waals surface area contributed by atoms with E-state index in [0.29, 0.717) is 11.7 Å². The summed E-state index contributed by atoms with van der Waals surface area (Å²) in [5.41, 5.74) is -1.64. The lowest BCUT2D eigenvalue weighted by Crippen LogP contribution is -2.44. The zero-order chi connectivity index (χ0) is 23.8. The molecule has 0 aromatic rings. The molecule has 0 aliphatic heterocycles. The van der Waals surface area contributed by atoms with Gasteiger partial charge in [-0.05, 0) is 74.8 Å². The van der Waals surface area contributed by atoms with E-state index >= 15 is 0 Å². The fourth-order valence-corrected chi connectivity index (χ4v) is 3.71. The standard InChI is InChI=1S/C20H38NO8P/c1-11-16(14-15(4)30(24,25-12-2)26-13-3)21(17(22)27-19(5,6)7)29-18(23)28-20(8,9)10/h14,16H,11-13H2,1-10H3/b15-14+. The van der Waals surface area contributed by atoms with Crippen LogP contribution in [0.1, 0.15) is 75.7 Å². The topological polar surface area (TPSA) is 101 Å². The molecule has 176 valence electrons. The Bertz CT molecular complexity index is 638. The maximum absolute atomic E-state index is 13.0. The van der Waals surface area contributed by atoms with Gasteiger partial charge in [0.25, 0.3) is 0 Å². The molecule has 1 unspecified atom stereocenters. The molecule has 0 aromatic heterocycles. The van der Waals surface area contributed by atoms with Crippen molar-refractivity contribution in [3.8, 4) is 0 Å². The molecule has 0 rings (SSSR count). The average molecular weight is 451 g/mol. The van der Waals surface area contributed by atoms with Gasteiger partial charge in [-0.25, -0.2) is 9.59 Å². The third kappa shape index (κ3) is 10.5. The molecular formula is C20H38NO8P. The number of ether oxygens (including phenoxy) is 2. The number of rotatable bonds is 8. The van der Waals surface area contributed by atoms with Gasteiger partial charge in [-0.3, -0.25) is 9.40 Å². The summed E-state index contributed by atoms with van der Waals surface area (Å²) in [5.74, 6) is 0. The van der Waals surface area contributed by atoms with Crippen molar-refractivity contribution in [2.75, 3.05) is 13.2 Å². The van der Waals surface area contributed by atoms with E-state index in [1.54, 1.807) is 69.2 Å². The lowest BCUT2D eigenvalue weighted by atomic mass is 10.2. The Balaban J connectivity index is 5.97. The van der Waals surface area contributed by atoms with Crippen molar-refractivity contribution in [2.45, 2.75) is 92.9 Å². The zero-order valence-electron chi connectivity index (χ0n) is 19.9. The van der Waals surface area contributed by atoms with Crippen LogP contribution in [0.4, 0.5) is 9.59 Å². The summed E-state index contributed by atoms with van der Waals surface area (Å²) >= 11 is 0. The van der Waals surface area contributed by atoms with Crippen LogP contribution in [0.25, 0.3) is 0 Å². The van der Waals surface area contributed by atoms with E-state index in [0.717, 1.165) is 5.06 Å². The van der Waals surface area contributed by atoms with E-state index in [2.05, 4.69) is 0 Å². The van der Waals surface area contributed by atoms with Crippen LogP contribution in [0.3, 0.4) is 0 Å². The summed E-state index contributed by atoms with van der Waals surface area (Å²) < 4.78 is 34.2. The van der Waals surface area contributed by atoms with Crippen LogP contribution in [-0.4, -0.2) is 47.8 Å². The van der Waals surface area contributed by atoms with Crippen molar-refractivity contribution in [1.29, 1.82) is 0 Å². The van der Waals surface area contributed by atoms with Gasteiger partial charge < -0.3 is 18.5 Å². The first-order valence-electron chi connectivity index (χ1n) is 10.1. The van der Waals surface area contributed by atoms with Crippen molar-refractivity contribution < 1.29 is 37.5 Å². The Morgan fingerprint density at radius 3 is 1.77 bits per heavy atom. The smallest absolute Gasteiger partial charge is 0.442 e. The second-order valence-electron chi connectivity index (χ2n) is 8.48. The van der Waals surface area contributed by atoms with Crippen molar-refractivity contribution in [3.05, 3.63) is 11.4 Å². The molecule has 1 amide bonds. The number of carbonyl (C=O) groups excluding carboxylic acids is 2. The monoisotopic (exact) mass is 451 g/mol. The molecule has 30 heavy (non-hydrogen) atoms. The molecule has 0 saturated carbocycles. The molecule has 0 aliphatic carbocycles. The van der Waals surface area contributed by atoms with Crippen LogP contribution in [0.15, 0.2) is 11.4 Å². The average Bonchev–Trinajstić information content (AvgIpc) is 2.54. The molecule has 0 bridgehead atoms. The van der Waals surface area contributed by atoms with Gasteiger partial charge in [0.15, 0.2) is 0 Å². The van der Waals surface area contributed by atoms with E-state index in [9.17, 15) is 14.2 Å². The second kappa shape index (κ2) is 11.7. The summed E-state index contributed by atoms with van der Waals surface area (Å²) in [6.45, 7) is 17.2. The third-order valence-corrected chi connectivity index (χ3v) is 5.53. The summed E-state index contributed by atoms with van der Waals surface area (Å²) in [4.78, 5) is 30.2. The first-order chi connectivity index (χ1) is 13.6. The first kappa shape index (κ1) is 28.4. The van der Waals surface area contributed by atoms with Gasteiger partial charge in [0.2, 0.25) is 0 Å². The highest BCUT2D eigenvalue weighted by molar-refractivity contribution is 7.58. The fourth-order valence-electron chi connectivity index (χ4n) is 2.20. The van der Waals surface area contributed by atoms with Crippen LogP contribution in [-0.2, 0) is 27.9 Å². The van der Waals surface area contributed by atoms with Crippen LogP contribution in [0.5, 0.6) is 0 Å². The van der Waals surface area contributed by atoms with Crippen LogP contribution in [0.2, 0.25) is 0 Å². The normalized spacial score (nSPS) is 14.1. The summed E-state index contributed by atoms with van der Waals surface area (Å²) in [7, 11) is -3.55. The molecule has 0 N–H and O–H groups in total. The maximum atomic E-state index is 13.0. The van der Waals surface area contributed by atoms with Crippen molar-refractivity contribution in [3.63, 3.8) is 0 Å². The van der Waals surface area contributed by atoms with Crippen molar-refractivity contribution in [1.82, 2.24) is 5.06 Å². The van der Waals surface area contributed by atoms with Gasteiger partial charge in [0, 0.05) is 5.31 Å². The first-order valence-corrected chi connectivity index (χ1v) is 11.6. The van der Waals surface area contributed by atoms with Crippen LogP contribution in [0, 0.1) is 0 Å². The maximum Gasteiger partial charge on any atom is 0.534 e. The molecule has 0 radical (unpaired) electrons. The molecule has 0 spiro atoms. The van der Waals surface area contributed by atoms with Gasteiger partial charge in [-0.1, -0.05) is 6.92 Å². The molecular weight excluding hydrogens is 413 g/mol. The Hall–Kier alpha value is -1.57. The largest absolute Gasteiger partial charge is 0.534 e. The third-order valence-electron chi connectivity index (χ3n) is 3.32. The molecule has 0 saturated heterocycles.